The fourth-order valence-electron chi connectivity index (χ4n) is 4.34. The van der Waals surface area contributed by atoms with Gasteiger partial charge in [0.15, 0.2) is 0 Å². The van der Waals surface area contributed by atoms with E-state index in [1.54, 1.807) is 12.1 Å². The molecule has 6 nitrogen and oxygen atoms in total. The zero-order chi connectivity index (χ0) is 23.8. The van der Waals surface area contributed by atoms with E-state index in [0.29, 0.717) is 23.2 Å². The SMILES string of the molecule is Cn1c(CCc2ccc(Oc3ccc4cc(F)ccc4n3)cc2)nc2ccc(NC3COC3)cc21. The summed E-state index contributed by atoms with van der Waals surface area (Å²) in [6.45, 7) is 1.52. The number of imidazole rings is 1. The van der Waals surface area contributed by atoms with Crippen molar-refractivity contribution in [2.24, 2.45) is 7.05 Å². The van der Waals surface area contributed by atoms with Gasteiger partial charge in [-0.3, -0.25) is 0 Å². The molecule has 1 fully saturated rings. The monoisotopic (exact) mass is 468 g/mol. The molecule has 0 unspecified atom stereocenters. The van der Waals surface area contributed by atoms with Crippen LogP contribution in [0.3, 0.4) is 0 Å². The van der Waals surface area contributed by atoms with Gasteiger partial charge >= 0.3 is 0 Å². The Morgan fingerprint density at radius 3 is 2.57 bits per heavy atom. The van der Waals surface area contributed by atoms with Crippen LogP contribution in [-0.2, 0) is 24.6 Å². The van der Waals surface area contributed by atoms with Crippen molar-refractivity contribution in [1.29, 1.82) is 0 Å². The zero-order valence-corrected chi connectivity index (χ0v) is 19.4. The minimum atomic E-state index is -0.275. The largest absolute Gasteiger partial charge is 0.439 e. The number of aryl methyl sites for hydroxylation is 3. The van der Waals surface area contributed by atoms with Crippen LogP contribution < -0.4 is 10.1 Å². The lowest BCUT2D eigenvalue weighted by Gasteiger charge is -2.27. The molecule has 176 valence electrons. The summed E-state index contributed by atoms with van der Waals surface area (Å²) in [5.41, 5.74) is 5.14. The number of rotatable bonds is 7. The van der Waals surface area contributed by atoms with E-state index in [0.717, 1.165) is 54.0 Å². The summed E-state index contributed by atoms with van der Waals surface area (Å²) < 4.78 is 26.7. The van der Waals surface area contributed by atoms with Crippen LogP contribution in [0.2, 0.25) is 0 Å². The van der Waals surface area contributed by atoms with E-state index in [1.807, 2.05) is 18.2 Å². The Kier molecular flexibility index (Phi) is 5.54. The number of halogens is 1. The first kappa shape index (κ1) is 21.6. The van der Waals surface area contributed by atoms with E-state index >= 15 is 0 Å². The highest BCUT2D eigenvalue weighted by Crippen LogP contribution is 2.25. The number of aromatic nitrogens is 3. The normalized spacial score (nSPS) is 13.8. The van der Waals surface area contributed by atoms with Crippen LogP contribution >= 0.6 is 0 Å². The minimum Gasteiger partial charge on any atom is -0.439 e. The predicted molar refractivity (Wildman–Crippen MR) is 135 cm³/mol. The molecule has 0 amide bonds. The third kappa shape index (κ3) is 4.55. The first-order valence-electron chi connectivity index (χ1n) is 11.7. The zero-order valence-electron chi connectivity index (χ0n) is 19.4. The summed E-state index contributed by atoms with van der Waals surface area (Å²) >= 11 is 0. The number of hydrogen-bond acceptors (Lipinski definition) is 5. The smallest absolute Gasteiger partial charge is 0.219 e. The van der Waals surface area contributed by atoms with Gasteiger partial charge < -0.3 is 19.4 Å². The van der Waals surface area contributed by atoms with E-state index in [2.05, 4.69) is 52.2 Å². The number of hydrogen-bond donors (Lipinski definition) is 1. The molecule has 0 saturated carbocycles. The number of benzene rings is 3. The lowest BCUT2D eigenvalue weighted by Crippen LogP contribution is -2.40. The molecule has 2 aromatic heterocycles. The fourth-order valence-corrected chi connectivity index (χ4v) is 4.34. The quantitative estimate of drug-likeness (QED) is 0.335. The topological polar surface area (TPSA) is 61.2 Å². The molecule has 5 aromatic rings. The Labute approximate surface area is 202 Å². The van der Waals surface area contributed by atoms with Crippen molar-refractivity contribution < 1.29 is 13.9 Å². The van der Waals surface area contributed by atoms with Gasteiger partial charge in [0.2, 0.25) is 5.88 Å². The standard InChI is InChI=1S/C28H25FN4O2/c1-33-26-15-21(30-22-16-34-17-22)7-11-25(26)31-27(33)12-4-18-2-8-23(9-3-18)35-28-13-5-19-14-20(29)6-10-24(19)32-28/h2-3,5-11,13-15,22,30H,4,12,16-17H2,1H3. The Hall–Kier alpha value is -3.97. The third-order valence-electron chi connectivity index (χ3n) is 6.39. The number of nitrogens with zero attached hydrogens (tertiary/aromatic N) is 3. The molecule has 1 N–H and O–H groups in total. The molecular weight excluding hydrogens is 443 g/mol. The minimum absolute atomic E-state index is 0.275. The van der Waals surface area contributed by atoms with Crippen molar-refractivity contribution in [2.75, 3.05) is 18.5 Å². The second-order valence-electron chi connectivity index (χ2n) is 8.90. The van der Waals surface area contributed by atoms with E-state index < -0.39 is 0 Å². The lowest BCUT2D eigenvalue weighted by molar-refractivity contribution is 0.0211. The number of nitrogens with one attached hydrogen (secondary N) is 1. The van der Waals surface area contributed by atoms with Crippen molar-refractivity contribution in [1.82, 2.24) is 14.5 Å². The average Bonchev–Trinajstić information content (AvgIpc) is 3.16. The van der Waals surface area contributed by atoms with Crippen molar-refractivity contribution in [3.8, 4) is 11.6 Å². The second-order valence-corrected chi connectivity index (χ2v) is 8.90. The number of ether oxygens (including phenoxy) is 2. The molecule has 0 radical (unpaired) electrons. The number of pyridine rings is 1. The highest BCUT2D eigenvalue weighted by molar-refractivity contribution is 5.80. The molecule has 3 heterocycles. The molecule has 7 heteroatoms. The molecular formula is C28H25FN4O2. The maximum Gasteiger partial charge on any atom is 0.219 e. The lowest BCUT2D eigenvalue weighted by atomic mass is 10.1. The molecule has 0 atom stereocenters. The molecule has 0 bridgehead atoms. The van der Waals surface area contributed by atoms with Gasteiger partial charge in [-0.25, -0.2) is 14.4 Å². The molecule has 6 rings (SSSR count). The molecule has 0 spiro atoms. The summed E-state index contributed by atoms with van der Waals surface area (Å²) in [6, 6.07) is 22.8. The van der Waals surface area contributed by atoms with Crippen molar-refractivity contribution in [3.63, 3.8) is 0 Å². The Balaban J connectivity index is 1.11. The fraction of sp³-hybridized carbons (Fsp3) is 0.214. The summed E-state index contributed by atoms with van der Waals surface area (Å²) in [6.07, 6.45) is 1.72. The van der Waals surface area contributed by atoms with Gasteiger partial charge in [0, 0.05) is 30.6 Å². The van der Waals surface area contributed by atoms with Gasteiger partial charge in [0.25, 0.3) is 0 Å². The maximum atomic E-state index is 13.4. The summed E-state index contributed by atoms with van der Waals surface area (Å²) in [4.78, 5) is 9.30. The van der Waals surface area contributed by atoms with Gasteiger partial charge in [-0.1, -0.05) is 12.1 Å². The van der Waals surface area contributed by atoms with Crippen LogP contribution in [0.5, 0.6) is 11.6 Å². The summed E-state index contributed by atoms with van der Waals surface area (Å²) in [5.74, 6) is 1.97. The molecule has 3 aromatic carbocycles. The first-order valence-corrected chi connectivity index (χ1v) is 11.7. The number of fused-ring (bicyclic) bond motifs is 2. The third-order valence-corrected chi connectivity index (χ3v) is 6.39. The molecule has 35 heavy (non-hydrogen) atoms. The van der Waals surface area contributed by atoms with Crippen LogP contribution in [0, 0.1) is 5.82 Å². The first-order chi connectivity index (χ1) is 17.1. The molecule has 0 aliphatic carbocycles. The van der Waals surface area contributed by atoms with Crippen LogP contribution in [0.25, 0.3) is 21.9 Å². The van der Waals surface area contributed by atoms with Crippen LogP contribution in [0.4, 0.5) is 10.1 Å². The van der Waals surface area contributed by atoms with Gasteiger partial charge in [0.05, 0.1) is 35.8 Å². The van der Waals surface area contributed by atoms with E-state index in [9.17, 15) is 4.39 Å². The molecule has 1 saturated heterocycles. The summed E-state index contributed by atoms with van der Waals surface area (Å²) in [7, 11) is 2.07. The molecule has 1 aliphatic heterocycles. The van der Waals surface area contributed by atoms with Gasteiger partial charge in [0.1, 0.15) is 17.4 Å². The Bertz CT molecular complexity index is 1510. The van der Waals surface area contributed by atoms with Crippen LogP contribution in [0.1, 0.15) is 11.4 Å². The highest BCUT2D eigenvalue weighted by atomic mass is 19.1. The van der Waals surface area contributed by atoms with Crippen molar-refractivity contribution >= 4 is 27.6 Å². The van der Waals surface area contributed by atoms with E-state index in [1.165, 1.54) is 17.7 Å². The Morgan fingerprint density at radius 1 is 0.943 bits per heavy atom. The van der Waals surface area contributed by atoms with Crippen LogP contribution in [0.15, 0.2) is 72.8 Å². The summed E-state index contributed by atoms with van der Waals surface area (Å²) in [5, 5.41) is 4.25. The van der Waals surface area contributed by atoms with Gasteiger partial charge in [-0.15, -0.1) is 0 Å². The Morgan fingerprint density at radius 2 is 1.77 bits per heavy atom. The van der Waals surface area contributed by atoms with Crippen molar-refractivity contribution in [2.45, 2.75) is 18.9 Å². The van der Waals surface area contributed by atoms with Crippen molar-refractivity contribution in [3.05, 3.63) is 90.0 Å². The maximum absolute atomic E-state index is 13.4. The highest BCUT2D eigenvalue weighted by Gasteiger charge is 2.18. The van der Waals surface area contributed by atoms with E-state index in [-0.39, 0.29) is 5.82 Å². The van der Waals surface area contributed by atoms with Crippen LogP contribution in [-0.4, -0.2) is 33.8 Å². The van der Waals surface area contributed by atoms with Gasteiger partial charge in [-0.2, -0.15) is 0 Å². The van der Waals surface area contributed by atoms with E-state index in [4.69, 9.17) is 14.5 Å². The number of anilines is 1. The van der Waals surface area contributed by atoms with Gasteiger partial charge in [-0.05, 0) is 66.6 Å². The second kappa shape index (κ2) is 9.00. The predicted octanol–water partition coefficient (Wildman–Crippen LogP) is 5.65. The average molecular weight is 469 g/mol. The molecule has 1 aliphatic rings.